The number of hydrogen-bond acceptors (Lipinski definition) is 6. The maximum atomic E-state index is 13.1. The van der Waals surface area contributed by atoms with Crippen molar-refractivity contribution < 1.29 is 19.2 Å². The average molecular weight is 446 g/mol. The molecule has 1 atom stereocenters. The predicted octanol–water partition coefficient (Wildman–Crippen LogP) is 3.08. The molecule has 0 aliphatic carbocycles. The quantitative estimate of drug-likeness (QED) is 0.320. The largest absolute Gasteiger partial charge is 0.304 e. The fourth-order valence-corrected chi connectivity index (χ4v) is 5.20. The molecule has 7 nitrogen and oxygen atoms in total. The van der Waals surface area contributed by atoms with E-state index >= 15 is 0 Å². The van der Waals surface area contributed by atoms with Crippen LogP contribution in [0.15, 0.2) is 23.1 Å². The van der Waals surface area contributed by atoms with Crippen LogP contribution in [0.1, 0.15) is 73.1 Å². The average Bonchev–Trinajstić information content (AvgIpc) is 3.01. The number of carbonyl (C=O) groups is 4. The van der Waals surface area contributed by atoms with Gasteiger partial charge >= 0.3 is 0 Å². The van der Waals surface area contributed by atoms with Gasteiger partial charge in [-0.25, -0.2) is 0 Å². The summed E-state index contributed by atoms with van der Waals surface area (Å²) in [4.78, 5) is 53.8. The first kappa shape index (κ1) is 23.5. The number of nitrogens with one attached hydrogen (secondary N) is 1. The summed E-state index contributed by atoms with van der Waals surface area (Å²) < 4.78 is 0. The summed E-state index contributed by atoms with van der Waals surface area (Å²) in [5, 5.41) is 2.23. The van der Waals surface area contributed by atoms with Crippen LogP contribution >= 0.6 is 11.8 Å². The first-order valence-corrected chi connectivity index (χ1v) is 12.2. The number of fused-ring (bicyclic) bond motifs is 1. The highest BCUT2D eigenvalue weighted by Crippen LogP contribution is 2.34. The van der Waals surface area contributed by atoms with Crippen LogP contribution in [-0.2, 0) is 9.59 Å². The van der Waals surface area contributed by atoms with E-state index in [4.69, 9.17) is 0 Å². The van der Waals surface area contributed by atoms with Crippen LogP contribution < -0.4 is 5.32 Å². The Morgan fingerprint density at radius 3 is 2.48 bits per heavy atom. The molecule has 0 aromatic heterocycles. The molecule has 2 heterocycles. The molecule has 2 aliphatic heterocycles. The van der Waals surface area contributed by atoms with Crippen LogP contribution in [0.3, 0.4) is 0 Å². The molecule has 4 amide bonds. The zero-order chi connectivity index (χ0) is 22.4. The Morgan fingerprint density at radius 2 is 1.77 bits per heavy atom. The van der Waals surface area contributed by atoms with Crippen molar-refractivity contribution in [3.05, 3.63) is 29.3 Å². The van der Waals surface area contributed by atoms with Crippen molar-refractivity contribution >= 4 is 35.4 Å². The first-order chi connectivity index (χ1) is 15.0. The third-order valence-electron chi connectivity index (χ3n) is 5.95. The van der Waals surface area contributed by atoms with Gasteiger partial charge in [0.1, 0.15) is 6.04 Å². The highest BCUT2D eigenvalue weighted by Gasteiger charge is 2.45. The van der Waals surface area contributed by atoms with Crippen molar-refractivity contribution in [1.29, 1.82) is 0 Å². The van der Waals surface area contributed by atoms with E-state index in [1.54, 1.807) is 23.9 Å². The molecule has 1 aromatic rings. The molecule has 1 unspecified atom stereocenters. The van der Waals surface area contributed by atoms with Crippen LogP contribution in [0.25, 0.3) is 0 Å². The van der Waals surface area contributed by atoms with Gasteiger partial charge in [0.25, 0.3) is 11.8 Å². The lowest BCUT2D eigenvalue weighted by Crippen LogP contribution is -2.54. The highest BCUT2D eigenvalue weighted by atomic mass is 32.2. The summed E-state index contributed by atoms with van der Waals surface area (Å²) in [5.74, 6) is -0.956. The molecular formula is C23H31N3O4S. The number of nitrogens with zero attached hydrogens (tertiary/aromatic N) is 2. The third-order valence-corrected chi connectivity index (χ3v) is 7.09. The smallest absolute Gasteiger partial charge is 0.263 e. The molecule has 0 spiro atoms. The second-order valence-corrected chi connectivity index (χ2v) is 9.05. The standard InChI is InChI=1S/C23H31N3O4S/c1-3-25(4-2)14-7-5-6-8-15-31-18-11-9-10-16-20(18)23(30)26(22(16)29)17-12-13-19(27)24-21(17)28/h9-11,17H,3-8,12-15H2,1-2H3,(H,24,27,28). The summed E-state index contributed by atoms with van der Waals surface area (Å²) in [6.45, 7) is 7.69. The lowest BCUT2D eigenvalue weighted by Gasteiger charge is -2.27. The number of imide groups is 2. The van der Waals surface area contributed by atoms with Crippen LogP contribution in [0, 0.1) is 0 Å². The molecule has 0 bridgehead atoms. The first-order valence-electron chi connectivity index (χ1n) is 11.2. The predicted molar refractivity (Wildman–Crippen MR) is 120 cm³/mol. The monoisotopic (exact) mass is 445 g/mol. The third kappa shape index (κ3) is 5.36. The van der Waals surface area contributed by atoms with Crippen molar-refractivity contribution in [3.8, 4) is 0 Å². The second-order valence-electron chi connectivity index (χ2n) is 7.92. The lowest BCUT2D eigenvalue weighted by atomic mass is 10.0. The second kappa shape index (κ2) is 10.9. The Bertz CT molecular complexity index is 853. The van der Waals surface area contributed by atoms with E-state index in [0.29, 0.717) is 11.1 Å². The van der Waals surface area contributed by atoms with E-state index in [2.05, 4.69) is 24.1 Å². The maximum absolute atomic E-state index is 13.1. The number of thioether (sulfide) groups is 1. The molecule has 8 heteroatoms. The Morgan fingerprint density at radius 1 is 1.03 bits per heavy atom. The maximum Gasteiger partial charge on any atom is 0.263 e. The van der Waals surface area contributed by atoms with E-state index in [0.717, 1.165) is 48.0 Å². The summed E-state index contributed by atoms with van der Waals surface area (Å²) in [6, 6.07) is 4.36. The molecule has 1 aromatic carbocycles. The van der Waals surface area contributed by atoms with Gasteiger partial charge in [0.05, 0.1) is 11.1 Å². The minimum absolute atomic E-state index is 0.125. The Kier molecular flexibility index (Phi) is 8.26. The summed E-state index contributed by atoms with van der Waals surface area (Å²) in [7, 11) is 0. The molecule has 2 aliphatic rings. The number of amides is 4. The van der Waals surface area contributed by atoms with E-state index in [-0.39, 0.29) is 18.7 Å². The zero-order valence-electron chi connectivity index (χ0n) is 18.3. The van der Waals surface area contributed by atoms with Gasteiger partial charge in [0, 0.05) is 11.3 Å². The van der Waals surface area contributed by atoms with Gasteiger partial charge in [-0.2, -0.15) is 0 Å². The summed E-state index contributed by atoms with van der Waals surface area (Å²) in [6.07, 6.45) is 4.86. The van der Waals surface area contributed by atoms with Gasteiger partial charge in [-0.1, -0.05) is 32.8 Å². The van der Waals surface area contributed by atoms with Crippen LogP contribution in [-0.4, -0.2) is 64.9 Å². The molecule has 0 saturated carbocycles. The van der Waals surface area contributed by atoms with Gasteiger partial charge in [0.15, 0.2) is 0 Å². The van der Waals surface area contributed by atoms with Gasteiger partial charge in [-0.3, -0.25) is 29.4 Å². The van der Waals surface area contributed by atoms with Crippen molar-refractivity contribution in [3.63, 3.8) is 0 Å². The van der Waals surface area contributed by atoms with Crippen molar-refractivity contribution in [2.75, 3.05) is 25.4 Å². The Balaban J connectivity index is 1.56. The number of unbranched alkanes of at least 4 members (excludes halogenated alkanes) is 3. The topological polar surface area (TPSA) is 86.8 Å². The molecule has 1 fully saturated rings. The zero-order valence-corrected chi connectivity index (χ0v) is 19.1. The number of piperidine rings is 1. The van der Waals surface area contributed by atoms with E-state index in [1.165, 1.54) is 12.8 Å². The molecule has 0 radical (unpaired) electrons. The minimum Gasteiger partial charge on any atom is -0.304 e. The van der Waals surface area contributed by atoms with E-state index in [1.807, 2.05) is 6.07 Å². The lowest BCUT2D eigenvalue weighted by molar-refractivity contribution is -0.136. The number of rotatable bonds is 11. The fraction of sp³-hybridized carbons (Fsp3) is 0.565. The SMILES string of the molecule is CCN(CC)CCCCCCSc1cccc2c1C(=O)N(C1CCC(=O)NC1=O)C2=O. The van der Waals surface area contributed by atoms with E-state index < -0.39 is 23.8 Å². The number of carbonyl (C=O) groups excluding carboxylic acids is 4. The highest BCUT2D eigenvalue weighted by molar-refractivity contribution is 7.99. The van der Waals surface area contributed by atoms with Gasteiger partial charge in [0.2, 0.25) is 11.8 Å². The Labute approximate surface area is 187 Å². The fourth-order valence-electron chi connectivity index (χ4n) is 4.12. The molecule has 168 valence electrons. The van der Waals surface area contributed by atoms with Crippen LogP contribution in [0.5, 0.6) is 0 Å². The molecule has 3 rings (SSSR count). The molecular weight excluding hydrogens is 414 g/mol. The van der Waals surface area contributed by atoms with E-state index in [9.17, 15) is 19.2 Å². The van der Waals surface area contributed by atoms with Crippen molar-refractivity contribution in [1.82, 2.24) is 15.1 Å². The number of hydrogen-bond donors (Lipinski definition) is 1. The Hall–Kier alpha value is -2.19. The van der Waals surface area contributed by atoms with Crippen molar-refractivity contribution in [2.24, 2.45) is 0 Å². The van der Waals surface area contributed by atoms with Crippen LogP contribution in [0.2, 0.25) is 0 Å². The normalized spacial score (nSPS) is 18.7. The molecule has 1 N–H and O–H groups in total. The molecule has 1 saturated heterocycles. The molecule has 31 heavy (non-hydrogen) atoms. The van der Waals surface area contributed by atoms with Crippen LogP contribution in [0.4, 0.5) is 0 Å². The van der Waals surface area contributed by atoms with Gasteiger partial charge in [-0.05, 0) is 56.8 Å². The summed E-state index contributed by atoms with van der Waals surface area (Å²) >= 11 is 1.59. The minimum atomic E-state index is -0.922. The summed E-state index contributed by atoms with van der Waals surface area (Å²) in [5.41, 5.74) is 0.739. The van der Waals surface area contributed by atoms with Crippen molar-refractivity contribution in [2.45, 2.75) is 63.3 Å². The number of benzene rings is 1. The van der Waals surface area contributed by atoms with Gasteiger partial charge < -0.3 is 4.90 Å². The van der Waals surface area contributed by atoms with Gasteiger partial charge in [-0.15, -0.1) is 11.8 Å².